The molecule has 11 heteroatoms. The zero-order chi connectivity index (χ0) is 28.9. The first-order valence-electron chi connectivity index (χ1n) is 12.2. The zero-order valence-electron chi connectivity index (χ0n) is 22.9. The number of hydrogen-bond donors (Lipinski definition) is 0. The van der Waals surface area contributed by atoms with Crippen LogP contribution in [0.15, 0.2) is 36.4 Å². The number of carbonyl (C=O) groups is 4. The van der Waals surface area contributed by atoms with E-state index in [0.29, 0.717) is 36.5 Å². The maximum atomic E-state index is 12.1. The van der Waals surface area contributed by atoms with Crippen molar-refractivity contribution in [3.05, 3.63) is 47.5 Å². The van der Waals surface area contributed by atoms with E-state index in [1.165, 1.54) is 48.0 Å². The Labute approximate surface area is 227 Å². The monoisotopic (exact) mass is 546 g/mol. The fourth-order valence-electron chi connectivity index (χ4n) is 3.64. The lowest BCUT2D eigenvalue weighted by Crippen LogP contribution is -2.34. The normalized spacial score (nSPS) is 11.9. The summed E-state index contributed by atoms with van der Waals surface area (Å²) in [5.74, 6) is -0.902. The third-order valence-electron chi connectivity index (χ3n) is 5.27. The molecule has 0 amide bonds. The van der Waals surface area contributed by atoms with E-state index in [1.54, 1.807) is 24.3 Å². The maximum absolute atomic E-state index is 12.1. The van der Waals surface area contributed by atoms with E-state index in [1.807, 2.05) is 6.07 Å². The minimum atomic E-state index is -1.05. The third kappa shape index (κ3) is 10.2. The number of esters is 4. The van der Waals surface area contributed by atoms with Crippen LogP contribution in [0.25, 0.3) is 0 Å². The average Bonchev–Trinajstić information content (AvgIpc) is 2.87. The summed E-state index contributed by atoms with van der Waals surface area (Å²) in [6, 6.07) is 9.92. The summed E-state index contributed by atoms with van der Waals surface area (Å²) >= 11 is 0. The van der Waals surface area contributed by atoms with Crippen molar-refractivity contribution in [3.63, 3.8) is 0 Å². The quantitative estimate of drug-likeness (QED) is 0.148. The van der Waals surface area contributed by atoms with Crippen LogP contribution in [-0.4, -0.2) is 57.4 Å². The lowest BCUT2D eigenvalue weighted by atomic mass is 10.0. The Bertz CT molecular complexity index is 1160. The predicted molar refractivity (Wildman–Crippen MR) is 138 cm³/mol. The molecule has 0 radical (unpaired) electrons. The summed E-state index contributed by atoms with van der Waals surface area (Å²) in [5, 5.41) is 0. The number of aryl methyl sites for hydroxylation is 1. The summed E-state index contributed by atoms with van der Waals surface area (Å²) in [6.07, 6.45) is -0.788. The fourth-order valence-corrected chi connectivity index (χ4v) is 3.64. The summed E-state index contributed by atoms with van der Waals surface area (Å²) < 4.78 is 38.1. The van der Waals surface area contributed by atoms with E-state index < -0.39 is 30.1 Å². The molecule has 2 rings (SSSR count). The van der Waals surface area contributed by atoms with Gasteiger partial charge in [-0.2, -0.15) is 0 Å². The molecular weight excluding hydrogens is 512 g/mol. The van der Waals surface area contributed by atoms with Crippen molar-refractivity contribution in [3.8, 4) is 23.0 Å². The largest absolute Gasteiger partial charge is 0.493 e. The molecule has 2 aromatic rings. The Hall–Kier alpha value is -4.28. The molecule has 39 heavy (non-hydrogen) atoms. The standard InChI is InChI=1S/C28H34O11/c1-17(29)35-13-7-8-21-9-11-24(25(14-21)33-5)39-27(16-36-18(2)30)28(38-20(4)32)22-10-12-23(37-19(3)31)26(15-22)34-6/h9-12,14-15,27-28H,7-8,13,16H2,1-6H3/t27-,28+/m1/s1. The van der Waals surface area contributed by atoms with Crippen LogP contribution in [0.3, 0.4) is 0 Å². The zero-order valence-corrected chi connectivity index (χ0v) is 22.9. The van der Waals surface area contributed by atoms with E-state index in [0.717, 1.165) is 5.56 Å². The number of rotatable bonds is 14. The highest BCUT2D eigenvalue weighted by Gasteiger charge is 2.31. The summed E-state index contributed by atoms with van der Waals surface area (Å²) in [4.78, 5) is 46.2. The van der Waals surface area contributed by atoms with Gasteiger partial charge in [0.15, 0.2) is 35.2 Å². The molecular formula is C28H34O11. The first-order valence-corrected chi connectivity index (χ1v) is 12.2. The van der Waals surface area contributed by atoms with Gasteiger partial charge in [-0.25, -0.2) is 0 Å². The van der Waals surface area contributed by atoms with Crippen LogP contribution in [0, 0.1) is 0 Å². The second-order valence-corrected chi connectivity index (χ2v) is 8.42. The number of methoxy groups -OCH3 is 2. The molecule has 0 aliphatic carbocycles. The van der Waals surface area contributed by atoms with E-state index in [4.69, 9.17) is 33.2 Å². The van der Waals surface area contributed by atoms with Crippen molar-refractivity contribution in [2.75, 3.05) is 27.4 Å². The van der Waals surface area contributed by atoms with E-state index in [9.17, 15) is 19.2 Å². The lowest BCUT2D eigenvalue weighted by molar-refractivity contribution is -0.157. The Morgan fingerprint density at radius 2 is 1.36 bits per heavy atom. The second-order valence-electron chi connectivity index (χ2n) is 8.42. The van der Waals surface area contributed by atoms with Crippen LogP contribution in [0.2, 0.25) is 0 Å². The highest BCUT2D eigenvalue weighted by atomic mass is 16.6. The molecule has 0 heterocycles. The minimum absolute atomic E-state index is 0.179. The highest BCUT2D eigenvalue weighted by molar-refractivity contribution is 5.70. The SMILES string of the molecule is COc1cc([C@H](OC(C)=O)[C@@H](COC(C)=O)Oc2ccc(CCCOC(C)=O)cc2OC)ccc1OC(C)=O. The Morgan fingerprint density at radius 1 is 0.718 bits per heavy atom. The molecule has 0 saturated carbocycles. The maximum Gasteiger partial charge on any atom is 0.308 e. The molecule has 0 unspecified atom stereocenters. The molecule has 0 bridgehead atoms. The van der Waals surface area contributed by atoms with Crippen molar-refractivity contribution in [1.82, 2.24) is 0 Å². The van der Waals surface area contributed by atoms with Crippen molar-refractivity contribution >= 4 is 23.9 Å². The molecule has 2 atom stereocenters. The summed E-state index contributed by atoms with van der Waals surface area (Å²) in [7, 11) is 2.88. The highest BCUT2D eigenvalue weighted by Crippen LogP contribution is 2.36. The predicted octanol–water partition coefficient (Wildman–Crippen LogP) is 3.74. The third-order valence-corrected chi connectivity index (χ3v) is 5.27. The molecule has 11 nitrogen and oxygen atoms in total. The van der Waals surface area contributed by atoms with Gasteiger partial charge in [-0.3, -0.25) is 19.2 Å². The van der Waals surface area contributed by atoms with Crippen molar-refractivity contribution < 1.29 is 52.3 Å². The fraction of sp³-hybridized carbons (Fsp3) is 0.429. The summed E-state index contributed by atoms with van der Waals surface area (Å²) in [6.45, 7) is 5.15. The number of carbonyl (C=O) groups excluding carboxylic acids is 4. The van der Waals surface area contributed by atoms with Crippen LogP contribution < -0.4 is 18.9 Å². The van der Waals surface area contributed by atoms with Gasteiger partial charge in [0.05, 0.1) is 20.8 Å². The van der Waals surface area contributed by atoms with E-state index in [-0.39, 0.29) is 24.1 Å². The second kappa shape index (κ2) is 15.2. The van der Waals surface area contributed by atoms with Gasteiger partial charge in [0.25, 0.3) is 0 Å². The Morgan fingerprint density at radius 3 is 1.95 bits per heavy atom. The van der Waals surface area contributed by atoms with Crippen LogP contribution in [0.1, 0.15) is 51.3 Å². The Kier molecular flexibility index (Phi) is 12.1. The van der Waals surface area contributed by atoms with Gasteiger partial charge in [-0.15, -0.1) is 0 Å². The molecule has 0 aromatic heterocycles. The molecule has 0 N–H and O–H groups in total. The molecule has 0 saturated heterocycles. The molecule has 2 aromatic carbocycles. The van der Waals surface area contributed by atoms with Gasteiger partial charge in [-0.1, -0.05) is 12.1 Å². The molecule has 0 aliphatic heterocycles. The van der Waals surface area contributed by atoms with Crippen molar-refractivity contribution in [1.29, 1.82) is 0 Å². The molecule has 0 fully saturated rings. The first kappa shape index (κ1) is 30.9. The average molecular weight is 547 g/mol. The topological polar surface area (TPSA) is 133 Å². The van der Waals surface area contributed by atoms with Crippen LogP contribution in [0.5, 0.6) is 23.0 Å². The smallest absolute Gasteiger partial charge is 0.308 e. The van der Waals surface area contributed by atoms with Gasteiger partial charge >= 0.3 is 23.9 Å². The molecule has 0 aliphatic rings. The van der Waals surface area contributed by atoms with Gasteiger partial charge in [-0.05, 0) is 42.7 Å². The van der Waals surface area contributed by atoms with Crippen LogP contribution in [0.4, 0.5) is 0 Å². The minimum Gasteiger partial charge on any atom is -0.493 e. The van der Waals surface area contributed by atoms with Crippen molar-refractivity contribution in [2.45, 2.75) is 52.7 Å². The van der Waals surface area contributed by atoms with Gasteiger partial charge < -0.3 is 33.2 Å². The van der Waals surface area contributed by atoms with Crippen LogP contribution in [-0.2, 0) is 39.8 Å². The van der Waals surface area contributed by atoms with Crippen LogP contribution >= 0.6 is 0 Å². The first-order chi connectivity index (χ1) is 18.5. The van der Waals surface area contributed by atoms with Gasteiger partial charge in [0.2, 0.25) is 0 Å². The van der Waals surface area contributed by atoms with E-state index in [2.05, 4.69) is 0 Å². The van der Waals surface area contributed by atoms with Gasteiger partial charge in [0, 0.05) is 33.3 Å². The number of ether oxygens (including phenoxy) is 7. The van der Waals surface area contributed by atoms with E-state index >= 15 is 0 Å². The van der Waals surface area contributed by atoms with Crippen molar-refractivity contribution in [2.24, 2.45) is 0 Å². The number of hydrogen-bond acceptors (Lipinski definition) is 11. The number of benzene rings is 2. The lowest BCUT2D eigenvalue weighted by Gasteiger charge is -2.28. The molecule has 0 spiro atoms. The summed E-state index contributed by atoms with van der Waals surface area (Å²) in [5.41, 5.74) is 1.36. The Balaban J connectivity index is 2.41. The molecule has 212 valence electrons. The van der Waals surface area contributed by atoms with Gasteiger partial charge in [0.1, 0.15) is 6.61 Å².